The third-order valence-corrected chi connectivity index (χ3v) is 5.00. The number of imide groups is 1. The van der Waals surface area contributed by atoms with E-state index in [4.69, 9.17) is 4.74 Å². The summed E-state index contributed by atoms with van der Waals surface area (Å²) in [6.07, 6.45) is -0.247. The van der Waals surface area contributed by atoms with Crippen molar-refractivity contribution in [3.05, 3.63) is 66.2 Å². The molecular formula is C21H21N3O4. The Balaban J connectivity index is 1.41. The number of hydrogen-bond donors (Lipinski definition) is 1. The van der Waals surface area contributed by atoms with Crippen LogP contribution in [0.4, 0.5) is 10.5 Å². The Morgan fingerprint density at radius 2 is 1.71 bits per heavy atom. The average molecular weight is 379 g/mol. The molecule has 2 atom stereocenters. The zero-order chi connectivity index (χ0) is 19.5. The second-order valence-corrected chi connectivity index (χ2v) is 6.83. The fourth-order valence-electron chi connectivity index (χ4n) is 3.54. The first-order valence-corrected chi connectivity index (χ1v) is 9.27. The van der Waals surface area contributed by atoms with Crippen LogP contribution in [0.5, 0.6) is 0 Å². The standard InChI is InChI=1S/C21H21N3O4/c25-19(23-11-12-28-18(14-23)15-7-3-1-4-8-15)13-17-20(26)24(21(27)22-17)16-9-5-2-6-10-16/h1-10,17-18H,11-14H2,(H,22,27)/t17-,18-/m0/s1. The van der Waals surface area contributed by atoms with Gasteiger partial charge in [-0.2, -0.15) is 0 Å². The molecule has 28 heavy (non-hydrogen) atoms. The third kappa shape index (κ3) is 3.61. The summed E-state index contributed by atoms with van der Waals surface area (Å²) in [6, 6.07) is 17.1. The molecule has 0 aliphatic carbocycles. The fraction of sp³-hybridized carbons (Fsp3) is 0.286. The van der Waals surface area contributed by atoms with Crippen LogP contribution in [0.3, 0.4) is 0 Å². The molecule has 0 unspecified atom stereocenters. The van der Waals surface area contributed by atoms with Crippen LogP contribution in [0.1, 0.15) is 18.1 Å². The van der Waals surface area contributed by atoms with Gasteiger partial charge in [0.25, 0.3) is 5.91 Å². The molecule has 2 fully saturated rings. The molecule has 0 aromatic heterocycles. The van der Waals surface area contributed by atoms with Crippen molar-refractivity contribution in [3.8, 4) is 0 Å². The number of urea groups is 1. The number of nitrogens with zero attached hydrogens (tertiary/aromatic N) is 2. The Kier molecular flexibility index (Phi) is 5.08. The molecule has 2 aromatic rings. The van der Waals surface area contributed by atoms with E-state index in [-0.39, 0.29) is 18.4 Å². The van der Waals surface area contributed by atoms with E-state index in [0.717, 1.165) is 10.5 Å². The molecule has 2 aliphatic heterocycles. The molecule has 0 spiro atoms. The van der Waals surface area contributed by atoms with Gasteiger partial charge in [0.1, 0.15) is 12.1 Å². The molecule has 144 valence electrons. The molecule has 7 heteroatoms. The molecule has 0 saturated carbocycles. The Morgan fingerprint density at radius 1 is 1.04 bits per heavy atom. The molecule has 1 N–H and O–H groups in total. The maximum absolute atomic E-state index is 12.8. The fourth-order valence-corrected chi connectivity index (χ4v) is 3.54. The van der Waals surface area contributed by atoms with E-state index >= 15 is 0 Å². The van der Waals surface area contributed by atoms with Gasteiger partial charge in [0, 0.05) is 6.54 Å². The molecule has 2 saturated heterocycles. The van der Waals surface area contributed by atoms with Crippen molar-refractivity contribution in [2.24, 2.45) is 0 Å². The lowest BCUT2D eigenvalue weighted by Crippen LogP contribution is -2.45. The summed E-state index contributed by atoms with van der Waals surface area (Å²) in [4.78, 5) is 40.5. The van der Waals surface area contributed by atoms with Crippen molar-refractivity contribution < 1.29 is 19.1 Å². The molecular weight excluding hydrogens is 358 g/mol. The summed E-state index contributed by atoms with van der Waals surface area (Å²) in [6.45, 7) is 1.34. The van der Waals surface area contributed by atoms with Crippen LogP contribution in [-0.4, -0.2) is 48.5 Å². The molecule has 2 aromatic carbocycles. The second kappa shape index (κ2) is 7.82. The van der Waals surface area contributed by atoms with Crippen molar-refractivity contribution in [2.45, 2.75) is 18.6 Å². The monoisotopic (exact) mass is 379 g/mol. The number of benzene rings is 2. The van der Waals surface area contributed by atoms with Gasteiger partial charge in [-0.05, 0) is 17.7 Å². The van der Waals surface area contributed by atoms with Crippen LogP contribution in [0, 0.1) is 0 Å². The van der Waals surface area contributed by atoms with Crippen LogP contribution < -0.4 is 10.2 Å². The first-order valence-electron chi connectivity index (χ1n) is 9.27. The van der Waals surface area contributed by atoms with E-state index < -0.39 is 18.0 Å². The predicted octanol–water partition coefficient (Wildman–Crippen LogP) is 2.10. The molecule has 2 heterocycles. The number of nitrogens with one attached hydrogen (secondary N) is 1. The lowest BCUT2D eigenvalue weighted by Gasteiger charge is -2.33. The lowest BCUT2D eigenvalue weighted by molar-refractivity contribution is -0.140. The minimum atomic E-state index is -0.849. The number of carbonyl (C=O) groups is 3. The average Bonchev–Trinajstić information content (AvgIpc) is 3.02. The number of morpholine rings is 1. The maximum Gasteiger partial charge on any atom is 0.329 e. The Hall–Kier alpha value is -3.19. The van der Waals surface area contributed by atoms with Crippen molar-refractivity contribution >= 4 is 23.5 Å². The van der Waals surface area contributed by atoms with Crippen LogP contribution in [0.15, 0.2) is 60.7 Å². The van der Waals surface area contributed by atoms with Crippen molar-refractivity contribution in [3.63, 3.8) is 0 Å². The quantitative estimate of drug-likeness (QED) is 0.826. The topological polar surface area (TPSA) is 79.0 Å². The molecule has 7 nitrogen and oxygen atoms in total. The second-order valence-electron chi connectivity index (χ2n) is 6.83. The van der Waals surface area contributed by atoms with Gasteiger partial charge in [0.15, 0.2) is 0 Å². The number of ether oxygens (including phenoxy) is 1. The highest BCUT2D eigenvalue weighted by molar-refractivity contribution is 6.22. The Morgan fingerprint density at radius 3 is 2.43 bits per heavy atom. The number of rotatable bonds is 4. The number of para-hydroxylation sites is 1. The highest BCUT2D eigenvalue weighted by Gasteiger charge is 2.41. The van der Waals surface area contributed by atoms with E-state index in [1.54, 1.807) is 29.2 Å². The van der Waals surface area contributed by atoms with Crippen molar-refractivity contribution in [2.75, 3.05) is 24.6 Å². The van der Waals surface area contributed by atoms with Crippen LogP contribution >= 0.6 is 0 Å². The summed E-state index contributed by atoms with van der Waals surface area (Å²) in [5.74, 6) is -0.574. The van der Waals surface area contributed by atoms with E-state index in [0.29, 0.717) is 25.4 Å². The van der Waals surface area contributed by atoms with Gasteiger partial charge in [0.2, 0.25) is 5.91 Å². The molecule has 0 radical (unpaired) electrons. The SMILES string of the molecule is O=C(C[C@@H]1NC(=O)N(c2ccccc2)C1=O)N1CCO[C@H](c2ccccc2)C1. The van der Waals surface area contributed by atoms with E-state index in [2.05, 4.69) is 5.32 Å². The summed E-state index contributed by atoms with van der Waals surface area (Å²) in [7, 11) is 0. The molecule has 2 aliphatic rings. The largest absolute Gasteiger partial charge is 0.370 e. The van der Waals surface area contributed by atoms with Crippen molar-refractivity contribution in [1.82, 2.24) is 10.2 Å². The van der Waals surface area contributed by atoms with E-state index in [1.807, 2.05) is 36.4 Å². The summed E-state index contributed by atoms with van der Waals surface area (Å²) in [5.41, 5.74) is 1.51. The smallest absolute Gasteiger partial charge is 0.329 e. The van der Waals surface area contributed by atoms with Gasteiger partial charge in [-0.1, -0.05) is 48.5 Å². The Labute approximate surface area is 162 Å². The van der Waals surface area contributed by atoms with E-state index in [1.165, 1.54) is 0 Å². The molecule has 4 rings (SSSR count). The van der Waals surface area contributed by atoms with Gasteiger partial charge in [0.05, 0.1) is 25.3 Å². The van der Waals surface area contributed by atoms with Gasteiger partial charge >= 0.3 is 6.03 Å². The molecule has 0 bridgehead atoms. The number of carbonyl (C=O) groups excluding carboxylic acids is 3. The zero-order valence-corrected chi connectivity index (χ0v) is 15.3. The highest BCUT2D eigenvalue weighted by Crippen LogP contribution is 2.24. The van der Waals surface area contributed by atoms with Crippen LogP contribution in [0.25, 0.3) is 0 Å². The minimum absolute atomic E-state index is 0.0601. The third-order valence-electron chi connectivity index (χ3n) is 5.00. The summed E-state index contributed by atoms with van der Waals surface area (Å²) in [5, 5.41) is 2.62. The van der Waals surface area contributed by atoms with Gasteiger partial charge in [-0.25, -0.2) is 9.69 Å². The van der Waals surface area contributed by atoms with Gasteiger partial charge < -0.3 is 15.0 Å². The normalized spacial score (nSPS) is 22.3. The maximum atomic E-state index is 12.8. The van der Waals surface area contributed by atoms with Crippen LogP contribution in [-0.2, 0) is 14.3 Å². The first-order chi connectivity index (χ1) is 13.6. The lowest BCUT2D eigenvalue weighted by atomic mass is 10.1. The van der Waals surface area contributed by atoms with Crippen LogP contribution in [0.2, 0.25) is 0 Å². The number of anilines is 1. The summed E-state index contributed by atoms with van der Waals surface area (Å²) >= 11 is 0. The number of amides is 4. The highest BCUT2D eigenvalue weighted by atomic mass is 16.5. The van der Waals surface area contributed by atoms with E-state index in [9.17, 15) is 14.4 Å². The minimum Gasteiger partial charge on any atom is -0.370 e. The summed E-state index contributed by atoms with van der Waals surface area (Å²) < 4.78 is 5.79. The van der Waals surface area contributed by atoms with Gasteiger partial charge in [-0.3, -0.25) is 9.59 Å². The molecule has 4 amide bonds. The first kappa shape index (κ1) is 18.2. The van der Waals surface area contributed by atoms with Gasteiger partial charge in [-0.15, -0.1) is 0 Å². The number of hydrogen-bond acceptors (Lipinski definition) is 4. The Bertz CT molecular complexity index is 872. The predicted molar refractivity (Wildman–Crippen MR) is 103 cm³/mol. The zero-order valence-electron chi connectivity index (χ0n) is 15.3. The van der Waals surface area contributed by atoms with Crippen molar-refractivity contribution in [1.29, 1.82) is 0 Å².